The second kappa shape index (κ2) is 10.3. The van der Waals surface area contributed by atoms with Gasteiger partial charge in [0.15, 0.2) is 0 Å². The Labute approximate surface area is 201 Å². The molecule has 1 unspecified atom stereocenters. The highest BCUT2D eigenvalue weighted by atomic mass is 16.2. The second-order valence-electron chi connectivity index (χ2n) is 8.91. The Morgan fingerprint density at radius 2 is 1.74 bits per heavy atom. The molecule has 0 aliphatic carbocycles. The summed E-state index contributed by atoms with van der Waals surface area (Å²) in [7, 11) is 0. The summed E-state index contributed by atoms with van der Waals surface area (Å²) in [6.07, 6.45) is 3.72. The fourth-order valence-electron chi connectivity index (χ4n) is 4.92. The average molecular weight is 463 g/mol. The van der Waals surface area contributed by atoms with Crippen LogP contribution in [-0.4, -0.2) is 54.8 Å². The molecule has 1 saturated heterocycles. The number of carbonyl (C=O) groups is 3. The van der Waals surface area contributed by atoms with E-state index in [1.807, 2.05) is 50.2 Å². The van der Waals surface area contributed by atoms with Gasteiger partial charge >= 0.3 is 0 Å². The molecule has 2 aliphatic heterocycles. The average Bonchev–Trinajstić information content (AvgIpc) is 2.87. The summed E-state index contributed by atoms with van der Waals surface area (Å²) in [4.78, 5) is 45.0. The van der Waals surface area contributed by atoms with Crippen molar-refractivity contribution in [3.63, 3.8) is 0 Å². The summed E-state index contributed by atoms with van der Waals surface area (Å²) in [5.41, 5.74) is 3.99. The van der Waals surface area contributed by atoms with Crippen molar-refractivity contribution in [3.8, 4) is 0 Å². The van der Waals surface area contributed by atoms with Gasteiger partial charge in [-0.25, -0.2) is 0 Å². The van der Waals surface area contributed by atoms with Gasteiger partial charge in [-0.2, -0.15) is 0 Å². The first kappa shape index (κ1) is 23.8. The molecule has 180 valence electrons. The van der Waals surface area contributed by atoms with Crippen LogP contribution >= 0.6 is 0 Å². The minimum atomic E-state index is -0.262. The number of nitrogens with zero attached hydrogens (tertiary/aromatic N) is 3. The lowest BCUT2D eigenvalue weighted by Gasteiger charge is -2.45. The molecule has 1 fully saturated rings. The maximum Gasteiger partial charge on any atom is 0.253 e. The molecule has 0 spiro atoms. The summed E-state index contributed by atoms with van der Waals surface area (Å²) >= 11 is 0. The van der Waals surface area contributed by atoms with E-state index in [1.165, 1.54) is 5.56 Å². The molecule has 2 aliphatic rings. The molecule has 0 saturated carbocycles. The molecule has 2 aromatic rings. The quantitative estimate of drug-likeness (QED) is 0.673. The number of rotatable bonds is 7. The van der Waals surface area contributed by atoms with Crippen molar-refractivity contribution in [2.45, 2.75) is 52.5 Å². The van der Waals surface area contributed by atoms with Crippen LogP contribution < -0.4 is 15.1 Å². The third kappa shape index (κ3) is 4.65. The Balaban J connectivity index is 1.64. The van der Waals surface area contributed by atoms with E-state index in [-0.39, 0.29) is 30.3 Å². The van der Waals surface area contributed by atoms with Gasteiger partial charge in [0.25, 0.3) is 5.91 Å². The predicted molar refractivity (Wildman–Crippen MR) is 135 cm³/mol. The van der Waals surface area contributed by atoms with E-state index >= 15 is 0 Å². The van der Waals surface area contributed by atoms with Crippen molar-refractivity contribution < 1.29 is 14.4 Å². The van der Waals surface area contributed by atoms with Crippen LogP contribution in [-0.2, 0) is 16.0 Å². The summed E-state index contributed by atoms with van der Waals surface area (Å²) in [5.74, 6) is -0.397. The third-order valence-electron chi connectivity index (χ3n) is 6.87. The highest BCUT2D eigenvalue weighted by Gasteiger charge is 2.40. The van der Waals surface area contributed by atoms with Gasteiger partial charge in [0.1, 0.15) is 12.6 Å². The summed E-state index contributed by atoms with van der Waals surface area (Å²) in [5, 5.41) is 2.92. The van der Waals surface area contributed by atoms with Crippen molar-refractivity contribution in [3.05, 3.63) is 53.6 Å². The van der Waals surface area contributed by atoms with E-state index in [4.69, 9.17) is 0 Å². The number of benzene rings is 2. The molecule has 2 heterocycles. The normalized spacial score (nSPS) is 17.1. The zero-order valence-corrected chi connectivity index (χ0v) is 20.3. The van der Waals surface area contributed by atoms with Gasteiger partial charge in [-0.3, -0.25) is 19.3 Å². The van der Waals surface area contributed by atoms with Crippen LogP contribution in [0.3, 0.4) is 0 Å². The van der Waals surface area contributed by atoms with Gasteiger partial charge in [-0.15, -0.1) is 0 Å². The van der Waals surface area contributed by atoms with Gasteiger partial charge in [-0.1, -0.05) is 19.1 Å². The van der Waals surface area contributed by atoms with Crippen LogP contribution in [0.2, 0.25) is 0 Å². The zero-order chi connectivity index (χ0) is 24.2. The van der Waals surface area contributed by atoms with Gasteiger partial charge < -0.3 is 15.1 Å². The maximum atomic E-state index is 13.5. The third-order valence-corrected chi connectivity index (χ3v) is 6.87. The first-order valence-corrected chi connectivity index (χ1v) is 12.4. The highest BCUT2D eigenvalue weighted by Crippen LogP contribution is 2.40. The topological polar surface area (TPSA) is 73.0 Å². The Kier molecular flexibility index (Phi) is 7.20. The van der Waals surface area contributed by atoms with Crippen LogP contribution in [0.1, 0.15) is 56.0 Å². The molecule has 0 radical (unpaired) electrons. The number of nitrogens with one attached hydrogen (secondary N) is 1. The van der Waals surface area contributed by atoms with E-state index < -0.39 is 0 Å². The van der Waals surface area contributed by atoms with Crippen molar-refractivity contribution in [2.75, 3.05) is 41.3 Å². The molecule has 34 heavy (non-hydrogen) atoms. The Bertz CT molecular complexity index is 1060. The number of fused-ring (bicyclic) bond motifs is 3. The van der Waals surface area contributed by atoms with Crippen LogP contribution in [0.25, 0.3) is 0 Å². The first-order chi connectivity index (χ1) is 16.5. The molecule has 1 atom stereocenters. The van der Waals surface area contributed by atoms with Crippen molar-refractivity contribution in [2.24, 2.45) is 0 Å². The molecule has 1 N–H and O–H groups in total. The molecule has 2 aromatic carbocycles. The number of piperidine rings is 1. The number of amides is 3. The molecule has 4 rings (SSSR count). The fraction of sp³-hybridized carbons (Fsp3) is 0.444. The van der Waals surface area contributed by atoms with E-state index in [0.29, 0.717) is 30.0 Å². The maximum absolute atomic E-state index is 13.5. The van der Waals surface area contributed by atoms with Crippen LogP contribution in [0.4, 0.5) is 17.1 Å². The minimum Gasteiger partial charge on any atom is -0.358 e. The smallest absolute Gasteiger partial charge is 0.253 e. The Hall–Kier alpha value is -3.35. The van der Waals surface area contributed by atoms with E-state index in [2.05, 4.69) is 17.1 Å². The van der Waals surface area contributed by atoms with Gasteiger partial charge in [0, 0.05) is 30.9 Å². The van der Waals surface area contributed by atoms with Crippen LogP contribution in [0.15, 0.2) is 42.5 Å². The number of aryl methyl sites for hydroxylation is 1. The molecular weight excluding hydrogens is 428 g/mol. The first-order valence-electron chi connectivity index (χ1n) is 12.4. The Morgan fingerprint density at radius 3 is 2.41 bits per heavy atom. The lowest BCUT2D eigenvalue weighted by molar-refractivity contribution is -0.123. The number of hydrogen-bond acceptors (Lipinski definition) is 4. The Morgan fingerprint density at radius 1 is 1.00 bits per heavy atom. The SMILES string of the molecule is CCc1ccc(NC(=O)CN2C(=O)C3CCCCN3c3ccc(C(=O)N(CC)CC)cc32)cc1. The van der Waals surface area contributed by atoms with Crippen LogP contribution in [0.5, 0.6) is 0 Å². The van der Waals surface area contributed by atoms with E-state index in [0.717, 1.165) is 37.9 Å². The molecule has 3 amide bonds. The summed E-state index contributed by atoms with van der Waals surface area (Å²) in [6.45, 7) is 7.92. The monoisotopic (exact) mass is 462 g/mol. The predicted octanol–water partition coefficient (Wildman–Crippen LogP) is 4.08. The largest absolute Gasteiger partial charge is 0.358 e. The molecule has 7 heteroatoms. The van der Waals surface area contributed by atoms with Crippen LogP contribution in [0, 0.1) is 0 Å². The molecule has 7 nitrogen and oxygen atoms in total. The lowest BCUT2D eigenvalue weighted by Crippen LogP contribution is -2.56. The van der Waals surface area contributed by atoms with E-state index in [1.54, 1.807) is 15.9 Å². The summed E-state index contributed by atoms with van der Waals surface area (Å²) in [6, 6.07) is 13.0. The van der Waals surface area contributed by atoms with Gasteiger partial charge in [-0.05, 0) is 75.4 Å². The molecule has 0 aromatic heterocycles. The zero-order valence-electron chi connectivity index (χ0n) is 20.3. The van der Waals surface area contributed by atoms with Gasteiger partial charge in [0.05, 0.1) is 11.4 Å². The highest BCUT2D eigenvalue weighted by molar-refractivity contribution is 6.11. The van der Waals surface area contributed by atoms with E-state index in [9.17, 15) is 14.4 Å². The van der Waals surface area contributed by atoms with Crippen molar-refractivity contribution in [1.29, 1.82) is 0 Å². The standard InChI is InChI=1S/C27H34N4O3/c1-4-19-10-13-21(14-11-19)28-25(32)18-31-24-17-20(26(33)29(5-2)6-3)12-15-22(24)30-16-8-7-9-23(30)27(31)34/h10-15,17,23H,4-9,16,18H2,1-3H3,(H,28,32). The number of hydrogen-bond donors (Lipinski definition) is 1. The molecular formula is C27H34N4O3. The fourth-order valence-corrected chi connectivity index (χ4v) is 4.92. The second-order valence-corrected chi connectivity index (χ2v) is 8.91. The number of carbonyl (C=O) groups excluding carboxylic acids is 3. The van der Waals surface area contributed by atoms with Crippen molar-refractivity contribution in [1.82, 2.24) is 4.90 Å². The molecule has 0 bridgehead atoms. The lowest BCUT2D eigenvalue weighted by atomic mass is 9.95. The van der Waals surface area contributed by atoms with Crippen molar-refractivity contribution >= 4 is 34.8 Å². The number of anilines is 3. The minimum absolute atomic E-state index is 0.0681. The van der Waals surface area contributed by atoms with Gasteiger partial charge in [0.2, 0.25) is 11.8 Å². The summed E-state index contributed by atoms with van der Waals surface area (Å²) < 4.78 is 0.